The van der Waals surface area contributed by atoms with Gasteiger partial charge in [-0.05, 0) is 24.6 Å². The van der Waals surface area contributed by atoms with Gasteiger partial charge in [0, 0.05) is 10.1 Å². The Morgan fingerprint density at radius 3 is 2.57 bits per heavy atom. The van der Waals surface area contributed by atoms with Crippen molar-refractivity contribution in [3.05, 3.63) is 23.8 Å². The second-order valence-electron chi connectivity index (χ2n) is 3.13. The first kappa shape index (κ1) is 9.34. The van der Waals surface area contributed by atoms with E-state index in [1.54, 1.807) is 25.6 Å². The first-order chi connectivity index (χ1) is 6.76. The van der Waals surface area contributed by atoms with Gasteiger partial charge in [0.05, 0.1) is 14.2 Å². The Kier molecular flexibility index (Phi) is 2.33. The number of methoxy groups -OCH3 is 2. The molecule has 0 aliphatic rings. The Labute approximate surface area is 87.1 Å². The topological polar surface area (TPSA) is 18.5 Å². The van der Waals surface area contributed by atoms with Gasteiger partial charge in [-0.25, -0.2) is 0 Å². The van der Waals surface area contributed by atoms with Crippen LogP contribution in [0.4, 0.5) is 0 Å². The summed E-state index contributed by atoms with van der Waals surface area (Å²) in [4.78, 5) is 0. The summed E-state index contributed by atoms with van der Waals surface area (Å²) >= 11 is 1.62. The zero-order valence-corrected chi connectivity index (χ0v) is 9.27. The van der Waals surface area contributed by atoms with E-state index in [1.807, 2.05) is 0 Å². The highest BCUT2D eigenvalue weighted by molar-refractivity contribution is 7.21. The second kappa shape index (κ2) is 3.50. The maximum absolute atomic E-state index is 5.31. The van der Waals surface area contributed by atoms with Crippen LogP contribution in [0.15, 0.2) is 18.2 Å². The Morgan fingerprint density at radius 1 is 1.14 bits per heavy atom. The monoisotopic (exact) mass is 208 g/mol. The van der Waals surface area contributed by atoms with Crippen LogP contribution in [-0.2, 0) is 0 Å². The quantitative estimate of drug-likeness (QED) is 0.754. The van der Waals surface area contributed by atoms with E-state index in [0.29, 0.717) is 0 Å². The van der Waals surface area contributed by atoms with Crippen molar-refractivity contribution in [1.82, 2.24) is 0 Å². The SMILES string of the molecule is COc1sc2cc(C)ccc2c1OC. The van der Waals surface area contributed by atoms with Gasteiger partial charge < -0.3 is 9.47 Å². The Morgan fingerprint density at radius 2 is 1.93 bits per heavy atom. The minimum Gasteiger partial charge on any atom is -0.491 e. The van der Waals surface area contributed by atoms with Gasteiger partial charge >= 0.3 is 0 Å². The van der Waals surface area contributed by atoms with Crippen LogP contribution >= 0.6 is 11.3 Å². The molecule has 2 aromatic rings. The lowest BCUT2D eigenvalue weighted by atomic mass is 10.2. The molecule has 14 heavy (non-hydrogen) atoms. The van der Waals surface area contributed by atoms with Gasteiger partial charge in [-0.15, -0.1) is 0 Å². The van der Waals surface area contributed by atoms with Crippen LogP contribution < -0.4 is 9.47 Å². The lowest BCUT2D eigenvalue weighted by molar-refractivity contribution is 0.367. The highest BCUT2D eigenvalue weighted by Gasteiger charge is 2.12. The molecule has 0 aliphatic carbocycles. The molecule has 0 radical (unpaired) electrons. The molecule has 0 bridgehead atoms. The van der Waals surface area contributed by atoms with Gasteiger partial charge in [0.2, 0.25) is 5.06 Å². The molecule has 0 saturated heterocycles. The highest BCUT2D eigenvalue weighted by atomic mass is 32.1. The lowest BCUT2D eigenvalue weighted by Crippen LogP contribution is -1.85. The number of hydrogen-bond donors (Lipinski definition) is 0. The first-order valence-electron chi connectivity index (χ1n) is 4.37. The average molecular weight is 208 g/mol. The van der Waals surface area contributed by atoms with Gasteiger partial charge in [-0.1, -0.05) is 17.4 Å². The van der Waals surface area contributed by atoms with Crippen LogP contribution in [0.5, 0.6) is 10.8 Å². The van der Waals surface area contributed by atoms with Gasteiger partial charge in [0.1, 0.15) is 0 Å². The molecular weight excluding hydrogens is 196 g/mol. The zero-order valence-electron chi connectivity index (χ0n) is 8.46. The number of hydrogen-bond acceptors (Lipinski definition) is 3. The number of ether oxygens (including phenoxy) is 2. The van der Waals surface area contributed by atoms with Crippen molar-refractivity contribution in [2.45, 2.75) is 6.92 Å². The van der Waals surface area contributed by atoms with Gasteiger partial charge in [-0.2, -0.15) is 0 Å². The van der Waals surface area contributed by atoms with E-state index in [4.69, 9.17) is 9.47 Å². The molecule has 2 rings (SSSR count). The fraction of sp³-hybridized carbons (Fsp3) is 0.273. The largest absolute Gasteiger partial charge is 0.491 e. The summed E-state index contributed by atoms with van der Waals surface area (Å²) in [6, 6.07) is 6.30. The molecule has 1 aromatic carbocycles. The molecule has 0 atom stereocenters. The maximum Gasteiger partial charge on any atom is 0.217 e. The third-order valence-corrected chi connectivity index (χ3v) is 3.25. The molecule has 74 valence electrons. The molecule has 0 aliphatic heterocycles. The van der Waals surface area contributed by atoms with Crippen LogP contribution in [0.2, 0.25) is 0 Å². The van der Waals surface area contributed by atoms with Crippen LogP contribution in [-0.4, -0.2) is 14.2 Å². The molecule has 0 spiro atoms. The van der Waals surface area contributed by atoms with E-state index in [9.17, 15) is 0 Å². The lowest BCUT2D eigenvalue weighted by Gasteiger charge is -2.00. The molecule has 0 fully saturated rings. The summed E-state index contributed by atoms with van der Waals surface area (Å²) in [5, 5.41) is 1.97. The molecule has 1 heterocycles. The predicted octanol–water partition coefficient (Wildman–Crippen LogP) is 3.23. The number of rotatable bonds is 2. The predicted molar refractivity (Wildman–Crippen MR) is 59.7 cm³/mol. The van der Waals surface area contributed by atoms with Crippen LogP contribution in [0, 0.1) is 6.92 Å². The van der Waals surface area contributed by atoms with Crippen LogP contribution in [0.3, 0.4) is 0 Å². The fourth-order valence-corrected chi connectivity index (χ4v) is 2.57. The summed E-state index contributed by atoms with van der Waals surface area (Å²) in [6.07, 6.45) is 0. The van der Waals surface area contributed by atoms with E-state index in [1.165, 1.54) is 10.3 Å². The van der Waals surface area contributed by atoms with E-state index >= 15 is 0 Å². The average Bonchev–Trinajstić information content (AvgIpc) is 2.54. The second-order valence-corrected chi connectivity index (χ2v) is 4.14. The normalized spacial score (nSPS) is 10.5. The zero-order chi connectivity index (χ0) is 10.1. The minimum absolute atomic E-state index is 0.840. The fourth-order valence-electron chi connectivity index (χ4n) is 1.49. The molecular formula is C11H12O2S. The minimum atomic E-state index is 0.840. The molecule has 0 amide bonds. The third kappa shape index (κ3) is 1.34. The van der Waals surface area contributed by atoms with Crippen LogP contribution in [0.1, 0.15) is 5.56 Å². The van der Waals surface area contributed by atoms with Crippen molar-refractivity contribution in [3.63, 3.8) is 0 Å². The maximum atomic E-state index is 5.31. The molecule has 1 aromatic heterocycles. The molecule has 2 nitrogen and oxygen atoms in total. The molecule has 0 unspecified atom stereocenters. The third-order valence-electron chi connectivity index (χ3n) is 2.16. The van der Waals surface area contributed by atoms with Crippen molar-refractivity contribution in [2.75, 3.05) is 14.2 Å². The number of aryl methyl sites for hydroxylation is 1. The van der Waals surface area contributed by atoms with Crippen molar-refractivity contribution >= 4 is 21.4 Å². The smallest absolute Gasteiger partial charge is 0.217 e. The Hall–Kier alpha value is -1.22. The van der Waals surface area contributed by atoms with Crippen molar-refractivity contribution < 1.29 is 9.47 Å². The summed E-state index contributed by atoms with van der Waals surface area (Å²) < 4.78 is 11.8. The van der Waals surface area contributed by atoms with E-state index in [-0.39, 0.29) is 0 Å². The van der Waals surface area contributed by atoms with Gasteiger partial charge in [-0.3, -0.25) is 0 Å². The highest BCUT2D eigenvalue weighted by Crippen LogP contribution is 2.43. The van der Waals surface area contributed by atoms with E-state index in [2.05, 4.69) is 25.1 Å². The van der Waals surface area contributed by atoms with E-state index < -0.39 is 0 Å². The van der Waals surface area contributed by atoms with Gasteiger partial charge in [0.25, 0.3) is 0 Å². The summed E-state index contributed by atoms with van der Waals surface area (Å²) in [7, 11) is 3.34. The first-order valence-corrected chi connectivity index (χ1v) is 5.19. The molecule has 0 N–H and O–H groups in total. The summed E-state index contributed by atoms with van der Waals surface area (Å²) in [6.45, 7) is 2.08. The standard InChI is InChI=1S/C11H12O2S/c1-7-4-5-8-9(6-7)14-11(13-3)10(8)12-2/h4-6H,1-3H3. The van der Waals surface area contributed by atoms with Crippen molar-refractivity contribution in [2.24, 2.45) is 0 Å². The van der Waals surface area contributed by atoms with E-state index in [0.717, 1.165) is 16.2 Å². The summed E-state index contributed by atoms with van der Waals surface area (Å²) in [5.41, 5.74) is 1.25. The number of benzene rings is 1. The number of fused-ring (bicyclic) bond motifs is 1. The van der Waals surface area contributed by atoms with Crippen molar-refractivity contribution in [1.29, 1.82) is 0 Å². The number of thiophene rings is 1. The summed E-state index contributed by atoms with van der Waals surface area (Å²) in [5.74, 6) is 0.840. The van der Waals surface area contributed by atoms with Crippen LogP contribution in [0.25, 0.3) is 10.1 Å². The Bertz CT molecular complexity index is 460. The molecule has 3 heteroatoms. The van der Waals surface area contributed by atoms with Gasteiger partial charge in [0.15, 0.2) is 5.75 Å². The Balaban J connectivity index is 2.73. The molecule has 0 saturated carbocycles. The van der Waals surface area contributed by atoms with Crippen molar-refractivity contribution in [3.8, 4) is 10.8 Å².